The molecule has 2 saturated heterocycles. The van der Waals surface area contributed by atoms with E-state index in [-0.39, 0.29) is 35.8 Å². The smallest absolute Gasteiger partial charge is 0.220 e. The molecule has 0 aliphatic carbocycles. The molecule has 0 bridgehead atoms. The molecule has 140 valence electrons. The average molecular weight is 451 g/mol. The first-order chi connectivity index (χ1) is 11.1. The van der Waals surface area contributed by atoms with Gasteiger partial charge >= 0.3 is 0 Å². The molecule has 7 heteroatoms. The molecule has 0 aromatic carbocycles. The van der Waals surface area contributed by atoms with Crippen LogP contribution in [0.15, 0.2) is 4.99 Å². The van der Waals surface area contributed by atoms with Crippen LogP contribution >= 0.6 is 24.0 Å². The van der Waals surface area contributed by atoms with E-state index in [4.69, 9.17) is 11.5 Å². The molecule has 1 amide bonds. The van der Waals surface area contributed by atoms with Gasteiger partial charge in [-0.05, 0) is 64.1 Å². The maximum absolute atomic E-state index is 11.1. The minimum Gasteiger partial charge on any atom is -0.370 e. The third kappa shape index (κ3) is 7.13. The molecule has 0 radical (unpaired) electrons. The van der Waals surface area contributed by atoms with Crippen LogP contribution < -0.4 is 11.5 Å². The lowest BCUT2D eigenvalue weighted by Gasteiger charge is -2.31. The van der Waals surface area contributed by atoms with Crippen molar-refractivity contribution in [1.29, 1.82) is 0 Å². The largest absolute Gasteiger partial charge is 0.370 e. The molecular formula is C17H34IN5O. The molecule has 2 fully saturated rings. The maximum atomic E-state index is 11.1. The standard InChI is InChI=1S/C17H33N5O.HI/c1-14-5-4-10-22(13-14)17(19)20-8-2-3-9-21-11-6-15(7-12-21)16(18)23;/h14-15H,2-13H2,1H3,(H2,18,23)(H2,19,20);1H. The van der Waals surface area contributed by atoms with Crippen LogP contribution in [-0.4, -0.2) is 60.9 Å². The number of nitrogens with two attached hydrogens (primary N) is 2. The Kier molecular flexibility index (Phi) is 9.95. The zero-order valence-corrected chi connectivity index (χ0v) is 17.3. The van der Waals surface area contributed by atoms with Gasteiger partial charge in [-0.1, -0.05) is 6.92 Å². The summed E-state index contributed by atoms with van der Waals surface area (Å²) >= 11 is 0. The molecule has 0 spiro atoms. The fraction of sp³-hybridized carbons (Fsp3) is 0.882. The number of aliphatic imine (C=N–C) groups is 1. The number of piperidine rings is 2. The molecule has 1 atom stereocenters. The van der Waals surface area contributed by atoms with E-state index in [0.717, 1.165) is 76.8 Å². The van der Waals surface area contributed by atoms with E-state index in [1.165, 1.54) is 12.8 Å². The second kappa shape index (κ2) is 11.1. The third-order valence-electron chi connectivity index (χ3n) is 5.13. The van der Waals surface area contributed by atoms with Crippen molar-refractivity contribution in [3.63, 3.8) is 0 Å². The van der Waals surface area contributed by atoms with Gasteiger partial charge in [0.05, 0.1) is 0 Å². The Hall–Kier alpha value is -0.570. The van der Waals surface area contributed by atoms with Gasteiger partial charge in [-0.3, -0.25) is 9.79 Å². The monoisotopic (exact) mass is 451 g/mol. The Morgan fingerprint density at radius 3 is 2.46 bits per heavy atom. The van der Waals surface area contributed by atoms with Crippen molar-refractivity contribution in [2.24, 2.45) is 28.3 Å². The van der Waals surface area contributed by atoms with E-state index in [9.17, 15) is 4.79 Å². The lowest BCUT2D eigenvalue weighted by atomic mass is 9.96. The van der Waals surface area contributed by atoms with Gasteiger partial charge in [0.15, 0.2) is 5.96 Å². The summed E-state index contributed by atoms with van der Waals surface area (Å²) in [4.78, 5) is 20.3. The molecular weight excluding hydrogens is 417 g/mol. The number of hydrogen-bond donors (Lipinski definition) is 2. The molecule has 6 nitrogen and oxygen atoms in total. The highest BCUT2D eigenvalue weighted by Gasteiger charge is 2.22. The summed E-state index contributed by atoms with van der Waals surface area (Å²) in [6, 6.07) is 0. The number of amides is 1. The van der Waals surface area contributed by atoms with Gasteiger partial charge in [0.1, 0.15) is 0 Å². The quantitative estimate of drug-likeness (QED) is 0.278. The van der Waals surface area contributed by atoms with Gasteiger partial charge in [-0.15, -0.1) is 24.0 Å². The van der Waals surface area contributed by atoms with E-state index in [2.05, 4.69) is 21.7 Å². The van der Waals surface area contributed by atoms with Crippen LogP contribution in [0.25, 0.3) is 0 Å². The van der Waals surface area contributed by atoms with Gasteiger partial charge in [0, 0.05) is 25.6 Å². The number of likely N-dealkylation sites (tertiary alicyclic amines) is 2. The number of primary amides is 1. The van der Waals surface area contributed by atoms with E-state index < -0.39 is 0 Å². The zero-order valence-electron chi connectivity index (χ0n) is 15.0. The Morgan fingerprint density at radius 1 is 1.12 bits per heavy atom. The summed E-state index contributed by atoms with van der Waals surface area (Å²) in [6.45, 7) is 8.25. The third-order valence-corrected chi connectivity index (χ3v) is 5.13. The predicted octanol–water partition coefficient (Wildman–Crippen LogP) is 1.63. The van der Waals surface area contributed by atoms with Gasteiger partial charge < -0.3 is 21.3 Å². The molecule has 2 aliphatic heterocycles. The van der Waals surface area contributed by atoms with E-state index in [1.807, 2.05) is 0 Å². The van der Waals surface area contributed by atoms with Gasteiger partial charge in [0.25, 0.3) is 0 Å². The summed E-state index contributed by atoms with van der Waals surface area (Å²) in [5, 5.41) is 0. The number of hydrogen-bond acceptors (Lipinski definition) is 3. The molecule has 24 heavy (non-hydrogen) atoms. The molecule has 2 aliphatic rings. The van der Waals surface area contributed by atoms with Crippen LogP contribution in [0.4, 0.5) is 0 Å². The maximum Gasteiger partial charge on any atom is 0.220 e. The second-order valence-corrected chi connectivity index (χ2v) is 7.16. The van der Waals surface area contributed by atoms with Gasteiger partial charge in [-0.25, -0.2) is 0 Å². The molecule has 1 unspecified atom stereocenters. The fourth-order valence-electron chi connectivity index (χ4n) is 3.58. The highest BCUT2D eigenvalue weighted by Crippen LogP contribution is 2.17. The molecule has 4 N–H and O–H groups in total. The fourth-order valence-corrected chi connectivity index (χ4v) is 3.58. The Labute approximate surface area is 163 Å². The molecule has 2 heterocycles. The van der Waals surface area contributed by atoms with Gasteiger partial charge in [-0.2, -0.15) is 0 Å². The van der Waals surface area contributed by atoms with E-state index >= 15 is 0 Å². The highest BCUT2D eigenvalue weighted by atomic mass is 127. The van der Waals surface area contributed by atoms with E-state index in [1.54, 1.807) is 0 Å². The van der Waals surface area contributed by atoms with Crippen molar-refractivity contribution in [2.45, 2.75) is 45.4 Å². The number of guanidine groups is 1. The van der Waals surface area contributed by atoms with Crippen molar-refractivity contribution >= 4 is 35.8 Å². The van der Waals surface area contributed by atoms with Crippen molar-refractivity contribution in [2.75, 3.05) is 39.3 Å². The lowest BCUT2D eigenvalue weighted by Crippen LogP contribution is -2.43. The minimum atomic E-state index is -0.138. The Bertz CT molecular complexity index is 410. The summed E-state index contributed by atoms with van der Waals surface area (Å²) in [5.74, 6) is 1.39. The first kappa shape index (κ1) is 21.5. The SMILES string of the molecule is CC1CCCN(C(N)=NCCCCN2CCC(C(N)=O)CC2)C1.I. The van der Waals surface area contributed by atoms with Crippen LogP contribution in [0.5, 0.6) is 0 Å². The topological polar surface area (TPSA) is 87.9 Å². The van der Waals surface area contributed by atoms with Crippen molar-refractivity contribution in [3.8, 4) is 0 Å². The normalized spacial score (nSPS) is 23.8. The minimum absolute atomic E-state index is 0. The van der Waals surface area contributed by atoms with Gasteiger partial charge in [0.2, 0.25) is 5.91 Å². The summed E-state index contributed by atoms with van der Waals surface area (Å²) < 4.78 is 0. The number of rotatable bonds is 6. The van der Waals surface area contributed by atoms with Crippen LogP contribution in [0.3, 0.4) is 0 Å². The number of unbranched alkanes of at least 4 members (excludes halogenated alkanes) is 1. The van der Waals surface area contributed by atoms with Crippen molar-refractivity contribution in [1.82, 2.24) is 9.80 Å². The highest BCUT2D eigenvalue weighted by molar-refractivity contribution is 14.0. The lowest BCUT2D eigenvalue weighted by molar-refractivity contribution is -0.123. The number of nitrogens with zero attached hydrogens (tertiary/aromatic N) is 3. The summed E-state index contributed by atoms with van der Waals surface area (Å²) in [7, 11) is 0. The van der Waals surface area contributed by atoms with Crippen molar-refractivity contribution < 1.29 is 4.79 Å². The second-order valence-electron chi connectivity index (χ2n) is 7.16. The molecule has 2 rings (SSSR count). The Morgan fingerprint density at radius 2 is 1.83 bits per heavy atom. The van der Waals surface area contributed by atoms with E-state index in [0.29, 0.717) is 0 Å². The molecule has 0 aromatic rings. The Balaban J connectivity index is 0.00000288. The summed E-state index contributed by atoms with van der Waals surface area (Å²) in [6.07, 6.45) is 6.55. The average Bonchev–Trinajstić information content (AvgIpc) is 2.54. The summed E-state index contributed by atoms with van der Waals surface area (Å²) in [5.41, 5.74) is 11.5. The zero-order chi connectivity index (χ0) is 16.7. The number of halogens is 1. The van der Waals surface area contributed by atoms with Crippen LogP contribution in [0.1, 0.15) is 45.4 Å². The molecule has 0 aromatic heterocycles. The van der Waals surface area contributed by atoms with Crippen LogP contribution in [-0.2, 0) is 4.79 Å². The van der Waals surface area contributed by atoms with Crippen molar-refractivity contribution in [3.05, 3.63) is 0 Å². The first-order valence-corrected chi connectivity index (χ1v) is 9.13. The van der Waals surface area contributed by atoms with Crippen LogP contribution in [0.2, 0.25) is 0 Å². The van der Waals surface area contributed by atoms with Crippen LogP contribution in [0, 0.1) is 11.8 Å². The number of carbonyl (C=O) groups is 1. The predicted molar refractivity (Wildman–Crippen MR) is 109 cm³/mol. The first-order valence-electron chi connectivity index (χ1n) is 9.13. The number of carbonyl (C=O) groups excluding carboxylic acids is 1. The molecule has 0 saturated carbocycles.